The number of epoxide rings is 1. The van der Waals surface area contributed by atoms with E-state index in [9.17, 15) is 10.1 Å². The molecule has 1 unspecified atom stereocenters. The van der Waals surface area contributed by atoms with Crippen molar-refractivity contribution in [3.05, 3.63) is 46.5 Å². The van der Waals surface area contributed by atoms with Crippen LogP contribution in [0, 0.1) is 10.1 Å². The molecule has 1 aromatic carbocycles. The summed E-state index contributed by atoms with van der Waals surface area (Å²) >= 11 is 0. The summed E-state index contributed by atoms with van der Waals surface area (Å²) in [6.07, 6.45) is 6.08. The molecule has 1 aromatic rings. The molecule has 0 N–H and O–H groups in total. The highest BCUT2D eigenvalue weighted by Gasteiger charge is 2.57. The highest BCUT2D eigenvalue weighted by atomic mass is 16.6. The van der Waals surface area contributed by atoms with Gasteiger partial charge in [0.05, 0.1) is 10.5 Å². The Labute approximate surface area is 112 Å². The Hall–Kier alpha value is -1.68. The lowest BCUT2D eigenvalue weighted by molar-refractivity contribution is -0.384. The van der Waals surface area contributed by atoms with Crippen molar-refractivity contribution < 1.29 is 9.66 Å². The van der Waals surface area contributed by atoms with E-state index in [2.05, 4.69) is 6.58 Å². The molecule has 0 aromatic heterocycles. The van der Waals surface area contributed by atoms with Gasteiger partial charge in [0.1, 0.15) is 6.10 Å². The van der Waals surface area contributed by atoms with Gasteiger partial charge in [-0.25, -0.2) is 0 Å². The van der Waals surface area contributed by atoms with Gasteiger partial charge in [-0.15, -0.1) is 0 Å². The first-order chi connectivity index (χ1) is 9.12. The SMILES string of the molecule is C=C(c1ccc([N+](=O)[O-])cc1)C1OC12CCCCC2. The van der Waals surface area contributed by atoms with Crippen LogP contribution in [-0.4, -0.2) is 16.6 Å². The van der Waals surface area contributed by atoms with Crippen molar-refractivity contribution >= 4 is 11.3 Å². The largest absolute Gasteiger partial charge is 0.361 e. The molecule has 19 heavy (non-hydrogen) atoms. The molecule has 0 radical (unpaired) electrons. The summed E-state index contributed by atoms with van der Waals surface area (Å²) in [5, 5.41) is 10.6. The second-order valence-corrected chi connectivity index (χ2v) is 5.45. The Balaban J connectivity index is 1.73. The van der Waals surface area contributed by atoms with Crippen LogP contribution < -0.4 is 0 Å². The average Bonchev–Trinajstić information content (AvgIpc) is 3.12. The van der Waals surface area contributed by atoms with Gasteiger partial charge in [0, 0.05) is 12.1 Å². The summed E-state index contributed by atoms with van der Waals surface area (Å²) in [7, 11) is 0. The first-order valence-electron chi connectivity index (χ1n) is 6.74. The second-order valence-electron chi connectivity index (χ2n) is 5.45. The quantitative estimate of drug-likeness (QED) is 0.472. The average molecular weight is 259 g/mol. The molecule has 1 aliphatic heterocycles. The zero-order valence-corrected chi connectivity index (χ0v) is 10.8. The molecule has 1 aliphatic carbocycles. The number of hydrogen-bond donors (Lipinski definition) is 0. The van der Waals surface area contributed by atoms with Gasteiger partial charge in [0.25, 0.3) is 5.69 Å². The van der Waals surface area contributed by atoms with Gasteiger partial charge in [0.2, 0.25) is 0 Å². The molecular weight excluding hydrogens is 242 g/mol. The van der Waals surface area contributed by atoms with E-state index in [0.717, 1.165) is 24.0 Å². The molecule has 2 fully saturated rings. The van der Waals surface area contributed by atoms with Crippen molar-refractivity contribution in [3.8, 4) is 0 Å². The molecule has 3 rings (SSSR count). The maximum atomic E-state index is 10.6. The van der Waals surface area contributed by atoms with E-state index in [0.29, 0.717) is 0 Å². The van der Waals surface area contributed by atoms with Crippen LogP contribution in [0.5, 0.6) is 0 Å². The van der Waals surface area contributed by atoms with Crippen LogP contribution >= 0.6 is 0 Å². The van der Waals surface area contributed by atoms with Crippen LogP contribution in [0.15, 0.2) is 30.8 Å². The Morgan fingerprint density at radius 1 is 1.26 bits per heavy atom. The Bertz CT molecular complexity index is 515. The van der Waals surface area contributed by atoms with Gasteiger partial charge in [-0.05, 0) is 36.1 Å². The molecule has 4 nitrogen and oxygen atoms in total. The topological polar surface area (TPSA) is 55.7 Å². The number of benzene rings is 1. The molecule has 1 spiro atoms. The second kappa shape index (κ2) is 4.46. The third kappa shape index (κ3) is 2.16. The number of ether oxygens (including phenoxy) is 1. The van der Waals surface area contributed by atoms with E-state index >= 15 is 0 Å². The van der Waals surface area contributed by atoms with E-state index in [1.54, 1.807) is 12.1 Å². The first kappa shape index (κ1) is 12.4. The van der Waals surface area contributed by atoms with E-state index in [1.165, 1.54) is 31.4 Å². The summed E-state index contributed by atoms with van der Waals surface area (Å²) in [6, 6.07) is 6.57. The van der Waals surface area contributed by atoms with Crippen molar-refractivity contribution in [3.63, 3.8) is 0 Å². The normalized spacial score (nSPS) is 24.1. The standard InChI is InChI=1S/C15H17NO3/c1-11(12-5-7-13(8-6-12)16(17)18)14-15(19-14)9-3-2-4-10-15/h5-8,14H,1-4,9-10H2. The Morgan fingerprint density at radius 3 is 2.47 bits per heavy atom. The third-order valence-electron chi connectivity index (χ3n) is 4.24. The zero-order valence-electron chi connectivity index (χ0n) is 10.8. The van der Waals surface area contributed by atoms with Crippen molar-refractivity contribution in [2.24, 2.45) is 0 Å². The van der Waals surface area contributed by atoms with Gasteiger partial charge >= 0.3 is 0 Å². The van der Waals surface area contributed by atoms with Gasteiger partial charge in [-0.1, -0.05) is 25.8 Å². The zero-order chi connectivity index (χ0) is 13.5. The van der Waals surface area contributed by atoms with Crippen LogP contribution in [-0.2, 0) is 4.74 Å². The fourth-order valence-electron chi connectivity index (χ4n) is 3.07. The lowest BCUT2D eigenvalue weighted by Gasteiger charge is -2.18. The Morgan fingerprint density at radius 2 is 1.89 bits per heavy atom. The Kier molecular flexibility index (Phi) is 2.90. The molecule has 1 saturated carbocycles. The fourth-order valence-corrected chi connectivity index (χ4v) is 3.07. The van der Waals surface area contributed by atoms with E-state index in [4.69, 9.17) is 4.74 Å². The first-order valence-corrected chi connectivity index (χ1v) is 6.74. The molecular formula is C15H17NO3. The number of non-ortho nitro benzene ring substituents is 1. The maximum Gasteiger partial charge on any atom is 0.269 e. The summed E-state index contributed by atoms with van der Waals surface area (Å²) in [6.45, 7) is 4.12. The summed E-state index contributed by atoms with van der Waals surface area (Å²) in [4.78, 5) is 10.2. The van der Waals surface area contributed by atoms with Gasteiger partial charge in [-0.2, -0.15) is 0 Å². The predicted molar refractivity (Wildman–Crippen MR) is 72.8 cm³/mol. The number of nitro groups is 1. The van der Waals surface area contributed by atoms with Crippen LogP contribution in [0.4, 0.5) is 5.69 Å². The molecule has 1 atom stereocenters. The van der Waals surface area contributed by atoms with Crippen molar-refractivity contribution in [2.75, 3.05) is 0 Å². The molecule has 0 amide bonds. The van der Waals surface area contributed by atoms with Crippen LogP contribution in [0.1, 0.15) is 37.7 Å². The number of nitrogens with zero attached hydrogens (tertiary/aromatic N) is 1. The molecule has 2 aliphatic rings. The van der Waals surface area contributed by atoms with Gasteiger partial charge in [-0.3, -0.25) is 10.1 Å². The summed E-state index contributed by atoms with van der Waals surface area (Å²) in [5.41, 5.74) is 2.03. The maximum absolute atomic E-state index is 10.6. The monoisotopic (exact) mass is 259 g/mol. The van der Waals surface area contributed by atoms with Gasteiger partial charge < -0.3 is 4.74 Å². The minimum atomic E-state index is -0.386. The van der Waals surface area contributed by atoms with E-state index < -0.39 is 0 Å². The minimum absolute atomic E-state index is 0.0249. The molecule has 1 saturated heterocycles. The van der Waals surface area contributed by atoms with Crippen LogP contribution in [0.2, 0.25) is 0 Å². The van der Waals surface area contributed by atoms with Crippen molar-refractivity contribution in [2.45, 2.75) is 43.8 Å². The van der Waals surface area contributed by atoms with Crippen molar-refractivity contribution in [1.29, 1.82) is 0 Å². The molecule has 100 valence electrons. The smallest absolute Gasteiger partial charge is 0.269 e. The highest BCUT2D eigenvalue weighted by Crippen LogP contribution is 2.52. The lowest BCUT2D eigenvalue weighted by Crippen LogP contribution is -2.19. The van der Waals surface area contributed by atoms with Crippen LogP contribution in [0.25, 0.3) is 5.57 Å². The van der Waals surface area contributed by atoms with Gasteiger partial charge in [0.15, 0.2) is 0 Å². The molecule has 1 heterocycles. The van der Waals surface area contributed by atoms with Crippen LogP contribution in [0.3, 0.4) is 0 Å². The minimum Gasteiger partial charge on any atom is -0.361 e. The number of hydrogen-bond acceptors (Lipinski definition) is 3. The highest BCUT2D eigenvalue weighted by molar-refractivity contribution is 5.71. The third-order valence-corrected chi connectivity index (χ3v) is 4.24. The molecule has 0 bridgehead atoms. The van der Waals surface area contributed by atoms with E-state index in [-0.39, 0.29) is 22.3 Å². The summed E-state index contributed by atoms with van der Waals surface area (Å²) < 4.78 is 5.91. The lowest BCUT2D eigenvalue weighted by atomic mass is 9.83. The number of nitro benzene ring substituents is 1. The predicted octanol–water partition coefficient (Wildman–Crippen LogP) is 3.71. The fraction of sp³-hybridized carbons (Fsp3) is 0.467. The number of rotatable bonds is 3. The summed E-state index contributed by atoms with van der Waals surface area (Å²) in [5.74, 6) is 0. The van der Waals surface area contributed by atoms with Crippen molar-refractivity contribution in [1.82, 2.24) is 0 Å². The van der Waals surface area contributed by atoms with E-state index in [1.807, 2.05) is 0 Å². The molecule has 4 heteroatoms.